The lowest BCUT2D eigenvalue weighted by molar-refractivity contribution is -0.0299. The first-order chi connectivity index (χ1) is 5.35. The summed E-state index contributed by atoms with van der Waals surface area (Å²) in [4.78, 5) is 2.25. The third-order valence-corrected chi connectivity index (χ3v) is 3.10. The highest BCUT2D eigenvalue weighted by Gasteiger charge is 2.41. The maximum absolute atomic E-state index is 9.84. The summed E-state index contributed by atoms with van der Waals surface area (Å²) in [5, 5.41) is 9.84. The van der Waals surface area contributed by atoms with Crippen LogP contribution in [0.15, 0.2) is 0 Å². The van der Waals surface area contributed by atoms with Crippen molar-refractivity contribution in [2.75, 3.05) is 20.1 Å². The summed E-state index contributed by atoms with van der Waals surface area (Å²) in [6, 6.07) is 0. The molecule has 0 amide bonds. The van der Waals surface area contributed by atoms with Crippen molar-refractivity contribution in [3.05, 3.63) is 0 Å². The smallest absolute Gasteiger partial charge is 0.0771 e. The minimum atomic E-state index is -0.756. The Morgan fingerprint density at radius 3 is 2.08 bits per heavy atom. The standard InChI is InChI=1S/C9H20N2O/c1-8(2,12)9(10)4-6-11(3)7-5-9/h12H,4-7,10H2,1-3H3. The van der Waals surface area contributed by atoms with Gasteiger partial charge in [0.25, 0.3) is 0 Å². The van der Waals surface area contributed by atoms with E-state index < -0.39 is 5.60 Å². The molecule has 1 aliphatic heterocycles. The molecule has 1 heterocycles. The Balaban J connectivity index is 2.62. The van der Waals surface area contributed by atoms with E-state index in [-0.39, 0.29) is 5.54 Å². The lowest BCUT2D eigenvalue weighted by atomic mass is 9.76. The molecule has 0 unspecified atom stereocenters. The van der Waals surface area contributed by atoms with Gasteiger partial charge in [0, 0.05) is 5.54 Å². The molecule has 0 atom stereocenters. The molecule has 3 N–H and O–H groups in total. The Morgan fingerprint density at radius 1 is 1.33 bits per heavy atom. The van der Waals surface area contributed by atoms with Gasteiger partial charge in [-0.25, -0.2) is 0 Å². The molecular formula is C9H20N2O. The Bertz CT molecular complexity index is 154. The first kappa shape index (κ1) is 9.96. The molecule has 3 nitrogen and oxygen atoms in total. The molecule has 72 valence electrons. The fourth-order valence-corrected chi connectivity index (χ4v) is 1.63. The third-order valence-electron chi connectivity index (χ3n) is 3.10. The Hall–Kier alpha value is -0.120. The van der Waals surface area contributed by atoms with Crippen LogP contribution >= 0.6 is 0 Å². The number of aliphatic hydroxyl groups is 1. The zero-order valence-electron chi connectivity index (χ0n) is 8.30. The summed E-state index contributed by atoms with van der Waals surface area (Å²) < 4.78 is 0. The Labute approximate surface area is 74.5 Å². The van der Waals surface area contributed by atoms with Crippen LogP contribution in [0.4, 0.5) is 0 Å². The lowest BCUT2D eigenvalue weighted by Crippen LogP contribution is -2.62. The molecule has 0 bridgehead atoms. The van der Waals surface area contributed by atoms with Crippen LogP contribution in [0.3, 0.4) is 0 Å². The summed E-state index contributed by atoms with van der Waals surface area (Å²) in [6.45, 7) is 5.58. The first-order valence-corrected chi connectivity index (χ1v) is 4.55. The number of likely N-dealkylation sites (tertiary alicyclic amines) is 1. The average molecular weight is 172 g/mol. The molecule has 1 aliphatic rings. The van der Waals surface area contributed by atoms with E-state index in [1.165, 1.54) is 0 Å². The van der Waals surface area contributed by atoms with Crippen LogP contribution in [0.5, 0.6) is 0 Å². The van der Waals surface area contributed by atoms with Crippen molar-refractivity contribution < 1.29 is 5.11 Å². The quantitative estimate of drug-likeness (QED) is 0.593. The van der Waals surface area contributed by atoms with Crippen molar-refractivity contribution >= 4 is 0 Å². The zero-order chi connectivity index (χ0) is 9.41. The van der Waals surface area contributed by atoms with Crippen LogP contribution < -0.4 is 5.73 Å². The van der Waals surface area contributed by atoms with Crippen molar-refractivity contribution in [1.29, 1.82) is 0 Å². The van der Waals surface area contributed by atoms with Gasteiger partial charge in [0.1, 0.15) is 0 Å². The topological polar surface area (TPSA) is 49.5 Å². The fourth-order valence-electron chi connectivity index (χ4n) is 1.63. The van der Waals surface area contributed by atoms with Crippen molar-refractivity contribution in [1.82, 2.24) is 4.90 Å². The van der Waals surface area contributed by atoms with Crippen LogP contribution in [0.2, 0.25) is 0 Å². The van der Waals surface area contributed by atoms with E-state index in [4.69, 9.17) is 5.73 Å². The summed E-state index contributed by atoms with van der Waals surface area (Å²) >= 11 is 0. The highest BCUT2D eigenvalue weighted by molar-refractivity contribution is 5.01. The van der Waals surface area contributed by atoms with Crippen LogP contribution in [-0.4, -0.2) is 41.3 Å². The van der Waals surface area contributed by atoms with Gasteiger partial charge in [-0.3, -0.25) is 0 Å². The fraction of sp³-hybridized carbons (Fsp3) is 1.00. The Kier molecular flexibility index (Phi) is 2.47. The molecule has 0 aromatic rings. The van der Waals surface area contributed by atoms with Gasteiger partial charge in [0.15, 0.2) is 0 Å². The van der Waals surface area contributed by atoms with Gasteiger partial charge in [0.05, 0.1) is 5.60 Å². The number of nitrogens with zero attached hydrogens (tertiary/aromatic N) is 1. The predicted molar refractivity (Wildman–Crippen MR) is 49.9 cm³/mol. The Morgan fingerprint density at radius 2 is 1.75 bits per heavy atom. The number of hydrogen-bond donors (Lipinski definition) is 2. The molecular weight excluding hydrogens is 152 g/mol. The molecule has 1 saturated heterocycles. The van der Waals surface area contributed by atoms with Gasteiger partial charge in [-0.1, -0.05) is 0 Å². The highest BCUT2D eigenvalue weighted by Crippen LogP contribution is 2.29. The summed E-state index contributed by atoms with van der Waals surface area (Å²) in [7, 11) is 2.09. The molecule has 0 radical (unpaired) electrons. The van der Waals surface area contributed by atoms with E-state index in [0.29, 0.717) is 0 Å². The van der Waals surface area contributed by atoms with Crippen molar-refractivity contribution in [3.8, 4) is 0 Å². The van der Waals surface area contributed by atoms with Gasteiger partial charge < -0.3 is 15.7 Å². The molecule has 3 heteroatoms. The molecule has 1 rings (SSSR count). The van der Waals surface area contributed by atoms with Crippen molar-refractivity contribution in [3.63, 3.8) is 0 Å². The molecule has 0 saturated carbocycles. The monoisotopic (exact) mass is 172 g/mol. The largest absolute Gasteiger partial charge is 0.389 e. The molecule has 12 heavy (non-hydrogen) atoms. The van der Waals surface area contributed by atoms with Crippen molar-refractivity contribution in [2.45, 2.75) is 37.8 Å². The zero-order valence-corrected chi connectivity index (χ0v) is 8.30. The van der Waals surface area contributed by atoms with Crippen LogP contribution in [0.25, 0.3) is 0 Å². The molecule has 0 aromatic carbocycles. The van der Waals surface area contributed by atoms with Gasteiger partial charge in [-0.2, -0.15) is 0 Å². The number of nitrogens with two attached hydrogens (primary N) is 1. The molecule has 0 spiro atoms. The minimum Gasteiger partial charge on any atom is -0.389 e. The summed E-state index contributed by atoms with van der Waals surface area (Å²) in [5.74, 6) is 0. The van der Waals surface area contributed by atoms with Gasteiger partial charge in [-0.05, 0) is 46.8 Å². The SMILES string of the molecule is CN1CCC(N)(C(C)(C)O)CC1. The maximum atomic E-state index is 9.84. The van der Waals surface area contributed by atoms with Crippen LogP contribution in [0, 0.1) is 0 Å². The van der Waals surface area contributed by atoms with E-state index in [2.05, 4.69) is 11.9 Å². The molecule has 0 aliphatic carbocycles. The summed E-state index contributed by atoms with van der Waals surface area (Å²) in [6.07, 6.45) is 1.76. The van der Waals surface area contributed by atoms with E-state index in [0.717, 1.165) is 25.9 Å². The second kappa shape index (κ2) is 2.98. The average Bonchev–Trinajstić information content (AvgIpc) is 1.93. The number of hydrogen-bond acceptors (Lipinski definition) is 3. The van der Waals surface area contributed by atoms with E-state index in [1.54, 1.807) is 13.8 Å². The van der Waals surface area contributed by atoms with E-state index >= 15 is 0 Å². The first-order valence-electron chi connectivity index (χ1n) is 4.55. The van der Waals surface area contributed by atoms with Gasteiger partial charge in [-0.15, -0.1) is 0 Å². The van der Waals surface area contributed by atoms with Crippen LogP contribution in [-0.2, 0) is 0 Å². The number of rotatable bonds is 1. The molecule has 1 fully saturated rings. The van der Waals surface area contributed by atoms with Crippen LogP contribution in [0.1, 0.15) is 26.7 Å². The van der Waals surface area contributed by atoms with Gasteiger partial charge >= 0.3 is 0 Å². The third kappa shape index (κ3) is 1.79. The van der Waals surface area contributed by atoms with Crippen molar-refractivity contribution in [2.24, 2.45) is 5.73 Å². The molecule has 0 aromatic heterocycles. The summed E-state index contributed by atoms with van der Waals surface area (Å²) in [5.41, 5.74) is 4.98. The number of piperidine rings is 1. The van der Waals surface area contributed by atoms with E-state index in [1.807, 2.05) is 0 Å². The second-order valence-electron chi connectivity index (χ2n) is 4.52. The second-order valence-corrected chi connectivity index (χ2v) is 4.52. The predicted octanol–water partition coefficient (Wildman–Crippen LogP) is 0.180. The normalized spacial score (nSPS) is 25.8. The van der Waals surface area contributed by atoms with E-state index in [9.17, 15) is 5.11 Å². The minimum absolute atomic E-state index is 0.389. The lowest BCUT2D eigenvalue weighted by Gasteiger charge is -2.45. The maximum Gasteiger partial charge on any atom is 0.0771 e. The highest BCUT2D eigenvalue weighted by atomic mass is 16.3. The van der Waals surface area contributed by atoms with Gasteiger partial charge in [0.2, 0.25) is 0 Å².